The molecule has 0 unspecified atom stereocenters. The second-order valence-corrected chi connectivity index (χ2v) is 6.61. The maximum absolute atomic E-state index is 12.5. The maximum atomic E-state index is 12.5. The molecule has 1 aliphatic rings. The predicted molar refractivity (Wildman–Crippen MR) is 99.5 cm³/mol. The molecule has 1 amide bonds. The Kier molecular flexibility index (Phi) is 6.64. The molecule has 0 spiro atoms. The second-order valence-electron chi connectivity index (χ2n) is 6.61. The minimum atomic E-state index is -0.0883. The lowest BCUT2D eigenvalue weighted by Gasteiger charge is -2.34. The number of anilines is 1. The van der Waals surface area contributed by atoms with Gasteiger partial charge in [0.25, 0.3) is 0 Å². The fourth-order valence-corrected chi connectivity index (χ4v) is 3.33. The number of aromatic nitrogens is 2. The first-order chi connectivity index (χ1) is 13.2. The van der Waals surface area contributed by atoms with Crippen LogP contribution in [0.5, 0.6) is 5.75 Å². The van der Waals surface area contributed by atoms with Crippen molar-refractivity contribution < 1.29 is 18.7 Å². The van der Waals surface area contributed by atoms with Crippen molar-refractivity contribution in [3.8, 4) is 5.75 Å². The average molecular weight is 374 g/mol. The van der Waals surface area contributed by atoms with Crippen LogP contribution in [0.15, 0.2) is 34.7 Å². The molecule has 1 heterocycles. The molecular weight excluding hydrogens is 348 g/mol. The molecule has 1 aliphatic carbocycles. The monoisotopic (exact) mass is 374 g/mol. The Labute approximate surface area is 158 Å². The van der Waals surface area contributed by atoms with Crippen LogP contribution >= 0.6 is 0 Å². The SMILES string of the molecule is CO[C@@H]1CC[C@H](C(=O)NCCOc2ccccc2)C[C@H]1Nc1nnc(C)o1. The van der Waals surface area contributed by atoms with Crippen molar-refractivity contribution in [1.82, 2.24) is 15.5 Å². The number of amides is 1. The molecule has 0 aliphatic heterocycles. The third-order valence-electron chi connectivity index (χ3n) is 4.71. The topological polar surface area (TPSA) is 98.5 Å². The van der Waals surface area contributed by atoms with Crippen LogP contribution in [0.3, 0.4) is 0 Å². The van der Waals surface area contributed by atoms with Gasteiger partial charge in [-0.15, -0.1) is 5.10 Å². The highest BCUT2D eigenvalue weighted by Crippen LogP contribution is 2.28. The van der Waals surface area contributed by atoms with Gasteiger partial charge in [0.2, 0.25) is 11.8 Å². The van der Waals surface area contributed by atoms with E-state index in [1.54, 1.807) is 14.0 Å². The molecule has 0 bridgehead atoms. The number of carbonyl (C=O) groups is 1. The zero-order valence-corrected chi connectivity index (χ0v) is 15.7. The normalized spacial score (nSPS) is 22.2. The Balaban J connectivity index is 1.46. The number of rotatable bonds is 8. The smallest absolute Gasteiger partial charge is 0.315 e. The first-order valence-corrected chi connectivity index (χ1v) is 9.20. The Morgan fingerprint density at radius 3 is 2.78 bits per heavy atom. The number of hydrogen-bond donors (Lipinski definition) is 2. The van der Waals surface area contributed by atoms with Gasteiger partial charge in [-0.2, -0.15) is 0 Å². The van der Waals surface area contributed by atoms with Crippen LogP contribution < -0.4 is 15.4 Å². The zero-order chi connectivity index (χ0) is 19.1. The number of methoxy groups -OCH3 is 1. The lowest BCUT2D eigenvalue weighted by molar-refractivity contribution is -0.127. The van der Waals surface area contributed by atoms with Crippen LogP contribution in [0.4, 0.5) is 6.01 Å². The lowest BCUT2D eigenvalue weighted by atomic mass is 9.83. The van der Waals surface area contributed by atoms with Gasteiger partial charge in [-0.1, -0.05) is 23.3 Å². The summed E-state index contributed by atoms with van der Waals surface area (Å²) in [6.45, 7) is 2.64. The average Bonchev–Trinajstić information content (AvgIpc) is 3.10. The molecule has 1 aromatic carbocycles. The lowest BCUT2D eigenvalue weighted by Crippen LogP contribution is -2.45. The number of nitrogens with zero attached hydrogens (tertiary/aromatic N) is 2. The number of ether oxygens (including phenoxy) is 2. The summed E-state index contributed by atoms with van der Waals surface area (Å²) in [7, 11) is 1.68. The van der Waals surface area contributed by atoms with Crippen LogP contribution in [0.1, 0.15) is 25.2 Å². The number of para-hydroxylation sites is 1. The minimum absolute atomic E-state index is 0.00247. The van der Waals surface area contributed by atoms with E-state index in [0.717, 1.165) is 18.6 Å². The summed E-state index contributed by atoms with van der Waals surface area (Å²) in [6, 6.07) is 9.86. The number of aryl methyl sites for hydroxylation is 1. The Morgan fingerprint density at radius 2 is 2.07 bits per heavy atom. The Bertz CT molecular complexity index is 722. The van der Waals surface area contributed by atoms with Gasteiger partial charge in [-0.3, -0.25) is 4.79 Å². The second kappa shape index (κ2) is 9.36. The highest BCUT2D eigenvalue weighted by Gasteiger charge is 2.34. The molecule has 8 heteroatoms. The van der Waals surface area contributed by atoms with E-state index in [9.17, 15) is 4.79 Å². The van der Waals surface area contributed by atoms with Crippen molar-refractivity contribution >= 4 is 11.9 Å². The summed E-state index contributed by atoms with van der Waals surface area (Å²) in [5, 5.41) is 14.0. The van der Waals surface area contributed by atoms with Crippen molar-refractivity contribution in [1.29, 1.82) is 0 Å². The summed E-state index contributed by atoms with van der Waals surface area (Å²) < 4.78 is 16.6. The number of nitrogens with one attached hydrogen (secondary N) is 2. The third kappa shape index (κ3) is 5.43. The van der Waals surface area contributed by atoms with Gasteiger partial charge in [-0.25, -0.2) is 0 Å². The van der Waals surface area contributed by atoms with Crippen molar-refractivity contribution in [2.24, 2.45) is 5.92 Å². The van der Waals surface area contributed by atoms with Gasteiger partial charge in [0.15, 0.2) is 0 Å². The van der Waals surface area contributed by atoms with Gasteiger partial charge in [0.1, 0.15) is 12.4 Å². The molecule has 3 rings (SSSR count). The standard InChI is InChI=1S/C19H26N4O4/c1-13-22-23-19(27-13)21-16-12-14(8-9-17(16)25-2)18(24)20-10-11-26-15-6-4-3-5-7-15/h3-7,14,16-17H,8-12H2,1-2H3,(H,20,24)(H,21,23)/t14-,16+,17+/m0/s1. The molecule has 2 N–H and O–H groups in total. The molecule has 0 saturated heterocycles. The molecule has 27 heavy (non-hydrogen) atoms. The van der Waals surface area contributed by atoms with E-state index in [1.165, 1.54) is 0 Å². The van der Waals surface area contributed by atoms with Crippen molar-refractivity contribution in [2.45, 2.75) is 38.3 Å². The van der Waals surface area contributed by atoms with E-state index < -0.39 is 0 Å². The van der Waals surface area contributed by atoms with Crippen LogP contribution in [0.25, 0.3) is 0 Å². The number of hydrogen-bond acceptors (Lipinski definition) is 7. The minimum Gasteiger partial charge on any atom is -0.492 e. The molecule has 2 aromatic rings. The van der Waals surface area contributed by atoms with Crippen LogP contribution in [0.2, 0.25) is 0 Å². The van der Waals surface area contributed by atoms with E-state index in [-0.39, 0.29) is 24.0 Å². The van der Waals surface area contributed by atoms with Gasteiger partial charge >= 0.3 is 6.01 Å². The van der Waals surface area contributed by atoms with E-state index in [4.69, 9.17) is 13.9 Å². The van der Waals surface area contributed by atoms with E-state index in [2.05, 4.69) is 20.8 Å². The summed E-state index contributed by atoms with van der Waals surface area (Å²) in [4.78, 5) is 12.5. The maximum Gasteiger partial charge on any atom is 0.315 e. The van der Waals surface area contributed by atoms with Crippen molar-refractivity contribution in [3.63, 3.8) is 0 Å². The molecular formula is C19H26N4O4. The van der Waals surface area contributed by atoms with Crippen molar-refractivity contribution in [2.75, 3.05) is 25.6 Å². The number of carbonyl (C=O) groups excluding carboxylic acids is 1. The quantitative estimate of drug-likeness (QED) is 0.683. The number of benzene rings is 1. The first kappa shape index (κ1) is 19.2. The molecule has 8 nitrogen and oxygen atoms in total. The highest BCUT2D eigenvalue weighted by atomic mass is 16.5. The van der Waals surface area contributed by atoms with Gasteiger partial charge in [0.05, 0.1) is 18.7 Å². The van der Waals surface area contributed by atoms with Gasteiger partial charge in [-0.05, 0) is 31.4 Å². The Morgan fingerprint density at radius 1 is 1.26 bits per heavy atom. The summed E-state index contributed by atoms with van der Waals surface area (Å²) in [5.41, 5.74) is 0. The molecule has 1 aromatic heterocycles. The molecule has 146 valence electrons. The van der Waals surface area contributed by atoms with E-state index in [0.29, 0.717) is 31.5 Å². The fourth-order valence-electron chi connectivity index (χ4n) is 3.33. The summed E-state index contributed by atoms with van der Waals surface area (Å²) >= 11 is 0. The van der Waals surface area contributed by atoms with Crippen LogP contribution in [-0.4, -0.2) is 48.5 Å². The summed E-state index contributed by atoms with van der Waals surface area (Å²) in [5.74, 6) is 1.24. The first-order valence-electron chi connectivity index (χ1n) is 9.20. The fraction of sp³-hybridized carbons (Fsp3) is 0.526. The molecule has 3 atom stereocenters. The van der Waals surface area contributed by atoms with Crippen LogP contribution in [0, 0.1) is 12.8 Å². The van der Waals surface area contributed by atoms with Gasteiger partial charge in [0, 0.05) is 20.0 Å². The van der Waals surface area contributed by atoms with E-state index in [1.807, 2.05) is 30.3 Å². The third-order valence-corrected chi connectivity index (χ3v) is 4.71. The van der Waals surface area contributed by atoms with Crippen molar-refractivity contribution in [3.05, 3.63) is 36.2 Å². The predicted octanol–water partition coefficient (Wildman–Crippen LogP) is 2.17. The summed E-state index contributed by atoms with van der Waals surface area (Å²) in [6.07, 6.45) is 2.22. The highest BCUT2D eigenvalue weighted by molar-refractivity contribution is 5.78. The van der Waals surface area contributed by atoms with E-state index >= 15 is 0 Å². The molecule has 1 fully saturated rings. The van der Waals surface area contributed by atoms with Gasteiger partial charge < -0.3 is 24.5 Å². The molecule has 0 radical (unpaired) electrons. The molecule has 1 saturated carbocycles. The zero-order valence-electron chi connectivity index (χ0n) is 15.7. The largest absolute Gasteiger partial charge is 0.492 e. The van der Waals surface area contributed by atoms with Crippen LogP contribution in [-0.2, 0) is 9.53 Å². The Hall–Kier alpha value is -2.61.